The van der Waals surface area contributed by atoms with Crippen molar-refractivity contribution in [2.24, 2.45) is 0 Å². The van der Waals surface area contributed by atoms with E-state index in [1.807, 2.05) is 0 Å². The Kier molecular flexibility index (Phi) is 40.9. The molecule has 423 valence electrons. The fourth-order valence-electron chi connectivity index (χ4n) is 7.42. The first-order chi connectivity index (χ1) is 30.2. The van der Waals surface area contributed by atoms with E-state index in [1.54, 1.807) is 48.6 Å². The molecule has 0 amide bonds. The van der Waals surface area contributed by atoms with Crippen LogP contribution in [0, 0.1) is 0 Å². The van der Waals surface area contributed by atoms with E-state index in [4.69, 9.17) is 19.9 Å². The minimum Gasteiger partial charge on any atom is -0.744 e. The number of benzene rings is 4. The average molecular weight is 1270 g/mol. The van der Waals surface area contributed by atoms with E-state index in [1.165, 1.54) is 48.5 Å². The second-order valence-corrected chi connectivity index (χ2v) is 19.8. The summed E-state index contributed by atoms with van der Waals surface area (Å²) in [6.07, 6.45) is 6.65. The van der Waals surface area contributed by atoms with Gasteiger partial charge in [0.2, 0.25) is 0 Å². The largest absolute Gasteiger partial charge is 3.00 e. The van der Waals surface area contributed by atoms with Gasteiger partial charge in [0.1, 0.15) is 40.5 Å². The normalized spacial score (nSPS) is 10.4. The predicted molar refractivity (Wildman–Crippen MR) is 274 cm³/mol. The number of fused-ring (bicyclic) bond motifs is 8. The SMILES string of the molecule is O.O.O.O.O.O.O.O.O.O.O.O.O=S(=O)([O-])c1ccc(-c2c3nc(c(-c4ccc(S(=O)(=O)[O-])cc4)c4ccc([n-]4)c(-c4ccc(S(=O)(=O)[O-])cc4)c4nc(c(-c5ccc(S(=O)(=O)[O-])cc5)c5ccc2[n-]5)C=C4)C=C3)cc1.[Fe+3].[Na+].[Na+].[Na+]. The van der Waals surface area contributed by atoms with Gasteiger partial charge >= 0.3 is 106 Å². The number of hydrogen-bond donors (Lipinski definition) is 0. The Labute approximate surface area is 532 Å². The van der Waals surface area contributed by atoms with Crippen molar-refractivity contribution < 1.29 is 223 Å². The Bertz CT molecular complexity index is 3350. The maximum absolute atomic E-state index is 11.9. The van der Waals surface area contributed by atoms with Gasteiger partial charge in [0.05, 0.1) is 42.4 Å². The van der Waals surface area contributed by atoms with E-state index in [0.717, 1.165) is 48.5 Å². The zero-order valence-corrected chi connectivity index (χ0v) is 51.9. The molecule has 0 saturated carbocycles. The summed E-state index contributed by atoms with van der Waals surface area (Å²) >= 11 is 0. The predicted octanol–water partition coefficient (Wildman–Crippen LogP) is -12.7. The summed E-state index contributed by atoms with van der Waals surface area (Å²) in [5.41, 5.74) is 5.63. The zero-order chi connectivity index (χ0) is 45.3. The molecule has 8 bridgehead atoms. The van der Waals surface area contributed by atoms with Gasteiger partial charge in [0.15, 0.2) is 0 Å². The topological polar surface area (TPSA) is 661 Å². The standard InChI is InChI=1S/C44H28N4O12S4.Fe.3Na.12H2O/c49-61(50,51)29-9-1-25(2-10-29)41-33-17-19-35(45-33)42(26-3-11-30(12-4-26)62(52,53)54)37-21-23-39(47-37)44(28-7-15-32(16-8-28)64(58,59)60)40-24-22-38(48-40)43(36-20-18-34(41)46-36)27-5-13-31(14-6-27)63(55,56)57;;;;;;;;;;;;;;;;/h1-24H,(H,49,50,51)(H,52,53,54)(H,55,56,57)(H,58,59,60);;;;;12*1H2/q-2;+3;3*+1;;;;;;;;;;;;/p-4. The minimum atomic E-state index is -4.82. The molecule has 0 fully saturated rings. The van der Waals surface area contributed by atoms with Crippen molar-refractivity contribution >= 4 is 86.8 Å². The maximum atomic E-state index is 11.9. The van der Waals surface area contributed by atoms with Gasteiger partial charge in [0.25, 0.3) is 0 Å². The molecule has 5 heterocycles. The molecule has 9 rings (SSSR count). The van der Waals surface area contributed by atoms with Crippen molar-refractivity contribution in [1.29, 1.82) is 0 Å². The summed E-state index contributed by atoms with van der Waals surface area (Å²) < 4.78 is 143. The van der Waals surface area contributed by atoms with Crippen molar-refractivity contribution in [2.45, 2.75) is 19.6 Å². The van der Waals surface area contributed by atoms with Gasteiger partial charge in [-0.2, -0.15) is 0 Å². The van der Waals surface area contributed by atoms with Crippen molar-refractivity contribution in [3.05, 3.63) is 144 Å². The van der Waals surface area contributed by atoms with Crippen LogP contribution >= 0.6 is 0 Å². The number of aromatic nitrogens is 4. The van der Waals surface area contributed by atoms with Crippen molar-refractivity contribution in [2.75, 3.05) is 0 Å². The number of nitrogens with zero attached hydrogens (tertiary/aromatic N) is 4. The molecule has 0 aliphatic carbocycles. The van der Waals surface area contributed by atoms with Gasteiger partial charge in [-0.25, -0.2) is 43.6 Å². The van der Waals surface area contributed by atoms with Crippen LogP contribution in [0.2, 0.25) is 0 Å². The zero-order valence-electron chi connectivity index (χ0n) is 41.5. The summed E-state index contributed by atoms with van der Waals surface area (Å²) in [5, 5.41) is 0. The van der Waals surface area contributed by atoms with Gasteiger partial charge in [-0.3, -0.25) is 0 Å². The second-order valence-electron chi connectivity index (χ2n) is 14.3. The molecule has 0 spiro atoms. The summed E-state index contributed by atoms with van der Waals surface area (Å²) in [5.74, 6) is 0. The van der Waals surface area contributed by atoms with Gasteiger partial charge in [0, 0.05) is 0 Å². The van der Waals surface area contributed by atoms with Crippen LogP contribution in [0.15, 0.2) is 141 Å². The summed E-state index contributed by atoms with van der Waals surface area (Å²) in [6, 6.07) is 27.2. The van der Waals surface area contributed by atoms with Crippen molar-refractivity contribution in [1.82, 2.24) is 19.9 Å². The maximum Gasteiger partial charge on any atom is 3.00 e. The molecule has 7 aromatic rings. The molecular formula is C44H48FeN4Na3O24S4. The van der Waals surface area contributed by atoms with Crippen LogP contribution in [0.25, 0.3) is 90.9 Å². The molecule has 3 aromatic heterocycles. The Hall–Kier alpha value is -3.84. The summed E-state index contributed by atoms with van der Waals surface area (Å²) in [4.78, 5) is 18.0. The summed E-state index contributed by atoms with van der Waals surface area (Å²) in [7, 11) is -19.3. The first-order valence-corrected chi connectivity index (χ1v) is 24.2. The van der Waals surface area contributed by atoms with Crippen molar-refractivity contribution in [3.63, 3.8) is 0 Å². The second kappa shape index (κ2) is 35.3. The van der Waals surface area contributed by atoms with E-state index in [2.05, 4.69) is 0 Å². The van der Waals surface area contributed by atoms with Crippen LogP contribution in [0.4, 0.5) is 0 Å². The molecule has 0 atom stereocenters. The molecule has 4 aromatic carbocycles. The number of hydrogen-bond acceptors (Lipinski definition) is 14. The van der Waals surface area contributed by atoms with Crippen LogP contribution in [0.1, 0.15) is 22.8 Å². The Morgan fingerprint density at radius 3 is 0.562 bits per heavy atom. The Morgan fingerprint density at radius 2 is 0.425 bits per heavy atom. The molecule has 2 aliphatic heterocycles. The Balaban J connectivity index is -0.000000540. The number of rotatable bonds is 8. The van der Waals surface area contributed by atoms with E-state index in [9.17, 15) is 51.9 Å². The third-order valence-electron chi connectivity index (χ3n) is 10.3. The molecular weight excluding hydrogens is 1220 g/mol. The van der Waals surface area contributed by atoms with Crippen LogP contribution in [0.5, 0.6) is 0 Å². The molecule has 24 N–H and O–H groups in total. The van der Waals surface area contributed by atoms with Gasteiger partial charge < -0.3 is 93.9 Å². The van der Waals surface area contributed by atoms with E-state index < -0.39 is 60.1 Å². The molecule has 28 nitrogen and oxygen atoms in total. The Morgan fingerprint density at radius 1 is 0.275 bits per heavy atom. The first kappa shape index (κ1) is 92.6. The minimum absolute atomic E-state index is 0. The van der Waals surface area contributed by atoms with Crippen LogP contribution in [-0.4, -0.2) is 128 Å². The third-order valence-corrected chi connectivity index (χ3v) is 13.7. The monoisotopic (exact) mass is 1270 g/mol. The molecule has 1 radical (unpaired) electrons. The van der Waals surface area contributed by atoms with Crippen molar-refractivity contribution in [3.8, 4) is 44.5 Å². The smallest absolute Gasteiger partial charge is 0.744 e. The summed E-state index contributed by atoms with van der Waals surface area (Å²) in [6.45, 7) is 0. The fraction of sp³-hybridized carbons (Fsp3) is 0. The molecule has 80 heavy (non-hydrogen) atoms. The van der Waals surface area contributed by atoms with Gasteiger partial charge in [-0.05, 0) is 117 Å². The third kappa shape index (κ3) is 19.1. The molecule has 36 heteroatoms. The van der Waals surface area contributed by atoms with E-state index in [0.29, 0.717) is 89.4 Å². The quantitative estimate of drug-likeness (QED) is 0.101. The van der Waals surface area contributed by atoms with Gasteiger partial charge in [-0.15, -0.1) is 22.1 Å². The average Bonchev–Trinajstić information content (AvgIpc) is 4.08. The van der Waals surface area contributed by atoms with Crippen LogP contribution in [-0.2, 0) is 57.5 Å². The van der Waals surface area contributed by atoms with E-state index in [-0.39, 0.29) is 171 Å². The molecule has 0 saturated heterocycles. The van der Waals surface area contributed by atoms with E-state index >= 15 is 0 Å². The fourth-order valence-corrected chi connectivity index (χ4v) is 9.30. The van der Waals surface area contributed by atoms with Crippen LogP contribution < -0.4 is 98.6 Å². The van der Waals surface area contributed by atoms with Gasteiger partial charge in [-0.1, -0.05) is 72.8 Å². The van der Waals surface area contributed by atoms with Crippen LogP contribution in [0.3, 0.4) is 0 Å². The molecule has 0 unspecified atom stereocenters. The molecule has 2 aliphatic rings. The first-order valence-electron chi connectivity index (χ1n) is 18.5.